The first kappa shape index (κ1) is 17.8. The molecule has 0 amide bonds. The molecule has 2 aromatic carbocycles. The van der Waals surface area contributed by atoms with E-state index >= 15 is 0 Å². The Balaban J connectivity index is 0.00000176. The first-order valence-corrected chi connectivity index (χ1v) is 7.48. The minimum atomic E-state index is 0. The molecule has 3 N–H and O–H groups in total. The number of rotatable bonds is 1. The zero-order valence-electron chi connectivity index (χ0n) is 13.6. The molecular formula is C19H21KN2. The van der Waals surface area contributed by atoms with Crippen LogP contribution in [0.3, 0.4) is 0 Å². The predicted molar refractivity (Wildman–Crippen MR) is 89.5 cm³/mol. The van der Waals surface area contributed by atoms with Crippen molar-refractivity contribution in [2.45, 2.75) is 26.2 Å². The summed E-state index contributed by atoms with van der Waals surface area (Å²) in [4.78, 5) is 0. The average molecular weight is 316 g/mol. The van der Waals surface area contributed by atoms with Crippen LogP contribution in [0.1, 0.15) is 42.0 Å². The van der Waals surface area contributed by atoms with Gasteiger partial charge in [0.2, 0.25) is 0 Å². The number of benzene rings is 2. The van der Waals surface area contributed by atoms with Gasteiger partial charge < -0.3 is 11.5 Å². The third kappa shape index (κ3) is 3.19. The summed E-state index contributed by atoms with van der Waals surface area (Å²) < 4.78 is 0. The molecular weight excluding hydrogens is 295 g/mol. The SMILES string of the molecule is CC(C)C1Cc2ccccc2/C(N)=C(/[NH-])c2ccccc21.[K+]. The Kier molecular flexibility index (Phi) is 5.91. The quantitative estimate of drug-likeness (QED) is 0.802. The maximum atomic E-state index is 8.51. The fraction of sp³-hybridized carbons (Fsp3) is 0.263. The number of hydrogen-bond donors (Lipinski definition) is 1. The molecule has 0 spiro atoms. The summed E-state index contributed by atoms with van der Waals surface area (Å²) in [5.74, 6) is 0.933. The van der Waals surface area contributed by atoms with Crippen LogP contribution in [0, 0.1) is 5.92 Å². The summed E-state index contributed by atoms with van der Waals surface area (Å²) in [6.45, 7) is 4.50. The van der Waals surface area contributed by atoms with Gasteiger partial charge in [-0.3, -0.25) is 0 Å². The van der Waals surface area contributed by atoms with Crippen molar-refractivity contribution in [3.63, 3.8) is 0 Å². The van der Waals surface area contributed by atoms with Crippen LogP contribution in [0.5, 0.6) is 0 Å². The van der Waals surface area contributed by atoms with Crippen molar-refractivity contribution in [1.29, 1.82) is 0 Å². The van der Waals surface area contributed by atoms with Crippen LogP contribution >= 0.6 is 0 Å². The average Bonchev–Trinajstić information content (AvgIpc) is 2.50. The second-order valence-electron chi connectivity index (χ2n) is 6.09. The van der Waals surface area contributed by atoms with Gasteiger partial charge in [0, 0.05) is 5.70 Å². The van der Waals surface area contributed by atoms with Gasteiger partial charge in [-0.1, -0.05) is 62.4 Å². The van der Waals surface area contributed by atoms with Gasteiger partial charge in [0.15, 0.2) is 0 Å². The van der Waals surface area contributed by atoms with E-state index in [-0.39, 0.29) is 51.4 Å². The van der Waals surface area contributed by atoms with Crippen LogP contribution in [-0.2, 0) is 6.42 Å². The van der Waals surface area contributed by atoms with Gasteiger partial charge in [0.05, 0.1) is 0 Å². The molecule has 1 unspecified atom stereocenters. The van der Waals surface area contributed by atoms with E-state index in [1.54, 1.807) is 0 Å². The van der Waals surface area contributed by atoms with Gasteiger partial charge in [-0.25, -0.2) is 0 Å². The summed E-state index contributed by atoms with van der Waals surface area (Å²) in [5, 5.41) is 0. The maximum Gasteiger partial charge on any atom is 1.00 e. The van der Waals surface area contributed by atoms with Gasteiger partial charge in [0.1, 0.15) is 0 Å². The van der Waals surface area contributed by atoms with Crippen LogP contribution in [0.25, 0.3) is 17.1 Å². The Bertz CT molecular complexity index is 704. The third-order valence-electron chi connectivity index (χ3n) is 4.45. The van der Waals surface area contributed by atoms with E-state index in [1.807, 2.05) is 24.3 Å². The Hall–Kier alpha value is -0.584. The van der Waals surface area contributed by atoms with E-state index in [9.17, 15) is 0 Å². The van der Waals surface area contributed by atoms with Crippen molar-refractivity contribution in [2.24, 2.45) is 11.7 Å². The second-order valence-corrected chi connectivity index (χ2v) is 6.09. The Morgan fingerprint density at radius 1 is 1.00 bits per heavy atom. The first-order valence-electron chi connectivity index (χ1n) is 7.48. The molecule has 0 heterocycles. The number of hydrogen-bond acceptors (Lipinski definition) is 1. The monoisotopic (exact) mass is 316 g/mol. The third-order valence-corrected chi connectivity index (χ3v) is 4.45. The van der Waals surface area contributed by atoms with Crippen molar-refractivity contribution >= 4 is 11.4 Å². The molecule has 0 bridgehead atoms. The largest absolute Gasteiger partial charge is 1.00 e. The fourth-order valence-electron chi connectivity index (χ4n) is 3.23. The van der Waals surface area contributed by atoms with Crippen molar-refractivity contribution in [1.82, 2.24) is 0 Å². The van der Waals surface area contributed by atoms with E-state index in [0.29, 0.717) is 23.2 Å². The standard InChI is InChI=1S/C19H21N2.K/c1-12(2)17-11-13-7-3-4-8-14(13)18(20)19(21)16-10-6-5-9-15(16)17;/h3-10,12,17,21H,11,20H2,1-2H3;/q-1;+1/b19-18-;. The molecule has 0 saturated heterocycles. The normalized spacial score (nSPS) is 20.4. The van der Waals surface area contributed by atoms with Crippen LogP contribution in [-0.4, -0.2) is 0 Å². The van der Waals surface area contributed by atoms with Crippen LogP contribution in [0.15, 0.2) is 48.5 Å². The molecule has 22 heavy (non-hydrogen) atoms. The molecule has 2 aromatic rings. The van der Waals surface area contributed by atoms with E-state index in [2.05, 4.69) is 38.1 Å². The van der Waals surface area contributed by atoms with Gasteiger partial charge in [-0.15, -0.1) is 5.70 Å². The molecule has 0 saturated carbocycles. The zero-order valence-corrected chi connectivity index (χ0v) is 16.7. The molecule has 0 fully saturated rings. The topological polar surface area (TPSA) is 49.8 Å². The summed E-state index contributed by atoms with van der Waals surface area (Å²) in [7, 11) is 0. The maximum absolute atomic E-state index is 8.51. The van der Waals surface area contributed by atoms with Crippen molar-refractivity contribution in [3.05, 3.63) is 76.5 Å². The van der Waals surface area contributed by atoms with Gasteiger partial charge in [-0.05, 0) is 40.5 Å². The first-order chi connectivity index (χ1) is 10.1. The van der Waals surface area contributed by atoms with Gasteiger partial charge >= 0.3 is 51.4 Å². The molecule has 0 aliphatic heterocycles. The fourth-order valence-corrected chi connectivity index (χ4v) is 3.23. The minimum absolute atomic E-state index is 0. The summed E-state index contributed by atoms with van der Waals surface area (Å²) in [5.41, 5.74) is 20.3. The van der Waals surface area contributed by atoms with Crippen molar-refractivity contribution in [2.75, 3.05) is 0 Å². The van der Waals surface area contributed by atoms with E-state index < -0.39 is 0 Å². The second kappa shape index (κ2) is 7.32. The molecule has 108 valence electrons. The molecule has 2 nitrogen and oxygen atoms in total. The predicted octanol–water partition coefficient (Wildman–Crippen LogP) is 1.82. The zero-order chi connectivity index (χ0) is 15.0. The number of fused-ring (bicyclic) bond motifs is 2. The molecule has 0 aromatic heterocycles. The van der Waals surface area contributed by atoms with Crippen LogP contribution in [0.4, 0.5) is 0 Å². The summed E-state index contributed by atoms with van der Waals surface area (Å²) >= 11 is 0. The smallest absolute Gasteiger partial charge is 0.697 e. The van der Waals surface area contributed by atoms with E-state index in [0.717, 1.165) is 17.5 Å². The molecule has 1 atom stereocenters. The van der Waals surface area contributed by atoms with E-state index in [1.165, 1.54) is 11.1 Å². The molecule has 3 heteroatoms. The summed E-state index contributed by atoms with van der Waals surface area (Å²) in [6.07, 6.45) is 0.971. The Morgan fingerprint density at radius 2 is 1.59 bits per heavy atom. The molecule has 1 aliphatic rings. The van der Waals surface area contributed by atoms with Gasteiger partial charge in [0.25, 0.3) is 0 Å². The number of nitrogens with one attached hydrogen (secondary N) is 1. The molecule has 0 radical (unpaired) electrons. The van der Waals surface area contributed by atoms with Crippen LogP contribution in [0.2, 0.25) is 0 Å². The van der Waals surface area contributed by atoms with E-state index in [4.69, 9.17) is 11.5 Å². The van der Waals surface area contributed by atoms with Crippen molar-refractivity contribution in [3.8, 4) is 0 Å². The summed E-state index contributed by atoms with van der Waals surface area (Å²) in [6, 6.07) is 16.4. The number of nitrogens with two attached hydrogens (primary N) is 1. The minimum Gasteiger partial charge on any atom is -0.697 e. The Morgan fingerprint density at radius 3 is 2.27 bits per heavy atom. The Labute approximate surface area is 175 Å². The molecule has 1 aliphatic carbocycles. The molecule has 3 rings (SSSR count). The van der Waals surface area contributed by atoms with Gasteiger partial charge in [-0.2, -0.15) is 0 Å². The van der Waals surface area contributed by atoms with Crippen LogP contribution < -0.4 is 57.1 Å². The van der Waals surface area contributed by atoms with Crippen molar-refractivity contribution < 1.29 is 51.4 Å².